The maximum Gasteiger partial charge on any atom is 0.325 e. The molecule has 1 aliphatic rings. The van der Waals surface area contributed by atoms with Gasteiger partial charge >= 0.3 is 5.97 Å². The lowest BCUT2D eigenvalue weighted by Crippen LogP contribution is -2.59. The van der Waals surface area contributed by atoms with Gasteiger partial charge in [0.2, 0.25) is 23.6 Å². The summed E-state index contributed by atoms with van der Waals surface area (Å²) in [6.07, 6.45) is 1.93. The summed E-state index contributed by atoms with van der Waals surface area (Å²) in [6, 6.07) is 14.6. The quantitative estimate of drug-likeness (QED) is 0.112. The van der Waals surface area contributed by atoms with Gasteiger partial charge in [0.05, 0.1) is 6.04 Å². The number of nitrogens with one attached hydrogen (secondary N) is 3. The van der Waals surface area contributed by atoms with Crippen molar-refractivity contribution in [1.29, 1.82) is 0 Å². The molecule has 1 aliphatic heterocycles. The number of nitrogens with zero attached hydrogens (tertiary/aromatic N) is 1. The average molecular weight is 680 g/mol. The molecule has 49 heavy (non-hydrogen) atoms. The Hall–Kier alpha value is -4.33. The fourth-order valence-corrected chi connectivity index (χ4v) is 5.93. The summed E-state index contributed by atoms with van der Waals surface area (Å²) >= 11 is 0. The molecule has 10 N–H and O–H groups in total. The SMILES string of the molecule is CC(C)C[C@@H](NC(=O)[C@@H](Cc1ccccc1)NC(=O)C(N)[C@H](C)c1ccccc1)C(=O)N[C@H](CCCCN)C(=O)N1CCC(N)(C(=O)O)C1. The minimum atomic E-state index is -1.56. The Labute approximate surface area is 288 Å². The summed E-state index contributed by atoms with van der Waals surface area (Å²) < 4.78 is 0. The van der Waals surface area contributed by atoms with E-state index in [1.165, 1.54) is 4.90 Å². The Kier molecular flexibility index (Phi) is 14.7. The van der Waals surface area contributed by atoms with Crippen LogP contribution in [-0.4, -0.2) is 88.9 Å². The number of hydrogen-bond donors (Lipinski definition) is 7. The lowest BCUT2D eigenvalue weighted by molar-refractivity contribution is -0.143. The number of amides is 4. The minimum Gasteiger partial charge on any atom is -0.480 e. The lowest BCUT2D eigenvalue weighted by atomic mass is 9.93. The molecule has 2 aromatic carbocycles. The van der Waals surface area contributed by atoms with Gasteiger partial charge in [-0.1, -0.05) is 81.4 Å². The molecule has 0 spiro atoms. The molecule has 0 radical (unpaired) electrons. The highest BCUT2D eigenvalue weighted by atomic mass is 16.4. The van der Waals surface area contributed by atoms with Gasteiger partial charge in [0.25, 0.3) is 0 Å². The number of likely N-dealkylation sites (tertiary alicyclic amines) is 1. The van der Waals surface area contributed by atoms with Gasteiger partial charge in [-0.05, 0) is 55.7 Å². The van der Waals surface area contributed by atoms with Crippen LogP contribution >= 0.6 is 0 Å². The third kappa shape index (κ3) is 11.4. The number of carbonyl (C=O) groups excluding carboxylic acids is 4. The maximum absolute atomic E-state index is 13.9. The largest absolute Gasteiger partial charge is 0.480 e. The van der Waals surface area contributed by atoms with Gasteiger partial charge in [-0.3, -0.25) is 24.0 Å². The van der Waals surface area contributed by atoms with Crippen LogP contribution in [0.3, 0.4) is 0 Å². The van der Waals surface area contributed by atoms with Crippen LogP contribution in [-0.2, 0) is 30.4 Å². The number of unbranched alkanes of at least 4 members (excludes halogenated alkanes) is 1. The van der Waals surface area contributed by atoms with Gasteiger partial charge in [0.15, 0.2) is 0 Å². The number of carbonyl (C=O) groups is 5. The number of aliphatic carboxylic acids is 1. The Balaban J connectivity index is 1.80. The number of carboxylic acids is 1. The molecule has 4 amide bonds. The standard InChI is InChI=1S/C36H53N7O6/c1-23(2)20-28(31(44)40-27(16-10-11-18-37)34(47)43-19-17-36(39,22-43)35(48)49)41-32(45)29(21-25-12-6-4-7-13-25)42-33(46)30(38)24(3)26-14-8-5-9-15-26/h4-9,12-15,23-24,27-30H,10-11,16-22,37-39H2,1-3H3,(H,40,44)(H,41,45)(H,42,46)(H,48,49)/t24-,27-,28-,29-,30?,36?/m1/s1. The molecule has 3 rings (SSSR count). The Morgan fingerprint density at radius 2 is 1.41 bits per heavy atom. The number of carboxylic acid groups (broad SMARTS) is 1. The number of rotatable bonds is 18. The maximum atomic E-state index is 13.9. The van der Waals surface area contributed by atoms with E-state index >= 15 is 0 Å². The molecule has 1 fully saturated rings. The smallest absolute Gasteiger partial charge is 0.325 e. The number of hydrogen-bond acceptors (Lipinski definition) is 8. The topological polar surface area (TPSA) is 223 Å². The van der Waals surface area contributed by atoms with Crippen molar-refractivity contribution in [3.05, 3.63) is 71.8 Å². The summed E-state index contributed by atoms with van der Waals surface area (Å²) in [5.41, 5.74) is 18.2. The van der Waals surface area contributed by atoms with Crippen molar-refractivity contribution in [2.75, 3.05) is 19.6 Å². The van der Waals surface area contributed by atoms with Crippen LogP contribution in [0.25, 0.3) is 0 Å². The molecule has 13 heteroatoms. The van der Waals surface area contributed by atoms with E-state index in [0.29, 0.717) is 19.4 Å². The highest BCUT2D eigenvalue weighted by molar-refractivity contribution is 5.95. The Morgan fingerprint density at radius 1 is 0.837 bits per heavy atom. The first kappa shape index (κ1) is 39.1. The Bertz CT molecular complexity index is 1410. The van der Waals surface area contributed by atoms with Crippen molar-refractivity contribution >= 4 is 29.6 Å². The molecule has 0 saturated carbocycles. The zero-order valence-electron chi connectivity index (χ0n) is 28.8. The highest BCUT2D eigenvalue weighted by Crippen LogP contribution is 2.21. The molecule has 268 valence electrons. The van der Waals surface area contributed by atoms with Crippen molar-refractivity contribution in [3.63, 3.8) is 0 Å². The monoisotopic (exact) mass is 679 g/mol. The van der Waals surface area contributed by atoms with Crippen LogP contribution in [0.15, 0.2) is 60.7 Å². The summed E-state index contributed by atoms with van der Waals surface area (Å²) in [5, 5.41) is 18.0. The fourth-order valence-electron chi connectivity index (χ4n) is 5.93. The van der Waals surface area contributed by atoms with Crippen LogP contribution in [0.2, 0.25) is 0 Å². The summed E-state index contributed by atoms with van der Waals surface area (Å²) in [7, 11) is 0. The van der Waals surface area contributed by atoms with E-state index in [2.05, 4.69) is 16.0 Å². The Morgan fingerprint density at radius 3 is 1.98 bits per heavy atom. The van der Waals surface area contributed by atoms with Crippen molar-refractivity contribution in [3.8, 4) is 0 Å². The first-order valence-electron chi connectivity index (χ1n) is 17.0. The van der Waals surface area contributed by atoms with Gasteiger partial charge in [-0.15, -0.1) is 0 Å². The first-order chi connectivity index (χ1) is 23.2. The fraction of sp³-hybridized carbons (Fsp3) is 0.528. The molecule has 6 atom stereocenters. The van der Waals surface area contributed by atoms with Gasteiger partial charge in [0.1, 0.15) is 23.7 Å². The van der Waals surface area contributed by atoms with E-state index in [1.807, 2.05) is 81.4 Å². The van der Waals surface area contributed by atoms with Crippen LogP contribution in [0, 0.1) is 5.92 Å². The highest BCUT2D eigenvalue weighted by Gasteiger charge is 2.44. The van der Waals surface area contributed by atoms with E-state index in [-0.39, 0.29) is 50.6 Å². The molecule has 2 unspecified atom stereocenters. The van der Waals surface area contributed by atoms with E-state index < -0.39 is 59.3 Å². The molecule has 1 heterocycles. The predicted molar refractivity (Wildman–Crippen MR) is 187 cm³/mol. The minimum absolute atomic E-state index is 0.0169. The molecule has 0 aliphatic carbocycles. The second-order valence-electron chi connectivity index (χ2n) is 13.5. The van der Waals surface area contributed by atoms with Crippen molar-refractivity contribution < 1.29 is 29.1 Å². The van der Waals surface area contributed by atoms with E-state index in [4.69, 9.17) is 17.2 Å². The predicted octanol–water partition coefficient (Wildman–Crippen LogP) is 1.00. The zero-order chi connectivity index (χ0) is 36.1. The normalized spacial score (nSPS) is 19.0. The van der Waals surface area contributed by atoms with E-state index in [1.54, 1.807) is 0 Å². The van der Waals surface area contributed by atoms with Crippen molar-refractivity contribution in [1.82, 2.24) is 20.9 Å². The third-order valence-electron chi connectivity index (χ3n) is 9.02. The van der Waals surface area contributed by atoms with E-state index in [9.17, 15) is 29.1 Å². The molecular weight excluding hydrogens is 626 g/mol. The average Bonchev–Trinajstić information content (AvgIpc) is 3.50. The van der Waals surface area contributed by atoms with Crippen LogP contribution in [0.4, 0.5) is 0 Å². The molecule has 1 saturated heterocycles. The summed E-state index contributed by atoms with van der Waals surface area (Å²) in [5.74, 6) is -3.63. The van der Waals surface area contributed by atoms with Gasteiger partial charge in [-0.25, -0.2) is 0 Å². The van der Waals surface area contributed by atoms with Crippen LogP contribution in [0.1, 0.15) is 69.9 Å². The second-order valence-corrected chi connectivity index (χ2v) is 13.5. The molecule has 2 aromatic rings. The number of nitrogens with two attached hydrogens (primary N) is 3. The third-order valence-corrected chi connectivity index (χ3v) is 9.02. The lowest BCUT2D eigenvalue weighted by Gasteiger charge is -2.29. The van der Waals surface area contributed by atoms with Gasteiger partial charge in [0, 0.05) is 25.4 Å². The van der Waals surface area contributed by atoms with Gasteiger partial charge < -0.3 is 43.2 Å². The van der Waals surface area contributed by atoms with Crippen LogP contribution in [0.5, 0.6) is 0 Å². The molecule has 13 nitrogen and oxygen atoms in total. The van der Waals surface area contributed by atoms with Crippen molar-refractivity contribution in [2.24, 2.45) is 23.1 Å². The van der Waals surface area contributed by atoms with Crippen LogP contribution < -0.4 is 33.2 Å². The summed E-state index contributed by atoms with van der Waals surface area (Å²) in [4.78, 5) is 67.8. The van der Waals surface area contributed by atoms with E-state index in [0.717, 1.165) is 11.1 Å². The molecule has 0 bridgehead atoms. The number of benzene rings is 2. The molecular formula is C36H53N7O6. The zero-order valence-corrected chi connectivity index (χ0v) is 28.8. The molecule has 0 aromatic heterocycles. The summed E-state index contributed by atoms with van der Waals surface area (Å²) in [6.45, 7) is 6.02. The van der Waals surface area contributed by atoms with Crippen molar-refractivity contribution in [2.45, 2.75) is 94.9 Å². The second kappa shape index (κ2) is 18.4. The van der Waals surface area contributed by atoms with Gasteiger partial charge in [-0.2, -0.15) is 0 Å². The first-order valence-corrected chi connectivity index (χ1v) is 17.0.